The molecule has 0 saturated carbocycles. The minimum absolute atomic E-state index is 0. The summed E-state index contributed by atoms with van der Waals surface area (Å²) in [6, 6.07) is 2.02. The van der Waals surface area contributed by atoms with Gasteiger partial charge in [0, 0.05) is 19.1 Å². The van der Waals surface area contributed by atoms with Crippen LogP contribution in [0.2, 0.25) is 0 Å². The molecule has 7 nitrogen and oxygen atoms in total. The summed E-state index contributed by atoms with van der Waals surface area (Å²) in [5, 5.41) is 14.0. The summed E-state index contributed by atoms with van der Waals surface area (Å²) >= 11 is 0. The highest BCUT2D eigenvalue weighted by atomic mass is 35.5. The molecule has 3 N–H and O–H groups in total. The number of carbonyl (C=O) groups excluding carboxylic acids is 1. The van der Waals surface area contributed by atoms with E-state index in [1.807, 2.05) is 7.05 Å². The molecule has 122 valence electrons. The van der Waals surface area contributed by atoms with E-state index in [4.69, 9.17) is 5.73 Å². The van der Waals surface area contributed by atoms with Crippen LogP contribution in [0.5, 0.6) is 0 Å². The van der Waals surface area contributed by atoms with Gasteiger partial charge in [-0.05, 0) is 26.0 Å². The lowest BCUT2D eigenvalue weighted by molar-refractivity contribution is -0.384. The SMILES string of the molecule is CNC1CCN(C(=O)c2cc(F)cc([N+](=O)[O-])c2N)CC1.Cl. The average Bonchev–Trinajstić information content (AvgIpc) is 2.48. The number of nitrogens with one attached hydrogen (secondary N) is 1. The van der Waals surface area contributed by atoms with Crippen molar-refractivity contribution in [2.75, 3.05) is 25.9 Å². The predicted octanol–water partition coefficient (Wildman–Crippen LogP) is 1.56. The Labute approximate surface area is 133 Å². The van der Waals surface area contributed by atoms with E-state index in [1.165, 1.54) is 0 Å². The fraction of sp³-hybridized carbons (Fsp3) is 0.462. The van der Waals surface area contributed by atoms with Gasteiger partial charge in [0.1, 0.15) is 11.5 Å². The van der Waals surface area contributed by atoms with E-state index >= 15 is 0 Å². The van der Waals surface area contributed by atoms with E-state index in [-0.39, 0.29) is 23.7 Å². The first kappa shape index (κ1) is 18.1. The quantitative estimate of drug-likeness (QED) is 0.497. The van der Waals surface area contributed by atoms with Crippen molar-refractivity contribution in [1.82, 2.24) is 10.2 Å². The number of benzene rings is 1. The summed E-state index contributed by atoms with van der Waals surface area (Å²) < 4.78 is 13.5. The lowest BCUT2D eigenvalue weighted by Gasteiger charge is -2.32. The highest BCUT2D eigenvalue weighted by molar-refractivity contribution is 6.01. The first-order valence-electron chi connectivity index (χ1n) is 6.64. The summed E-state index contributed by atoms with van der Waals surface area (Å²) in [5.74, 6) is -1.31. The smallest absolute Gasteiger partial charge is 0.295 e. The second-order valence-corrected chi connectivity index (χ2v) is 5.00. The van der Waals surface area contributed by atoms with Gasteiger partial charge in [-0.25, -0.2) is 4.39 Å². The molecule has 9 heteroatoms. The van der Waals surface area contributed by atoms with Gasteiger partial charge in [-0.2, -0.15) is 0 Å². The maximum atomic E-state index is 13.5. The third-order valence-electron chi connectivity index (χ3n) is 3.74. The van der Waals surface area contributed by atoms with Gasteiger partial charge in [-0.1, -0.05) is 0 Å². The van der Waals surface area contributed by atoms with Crippen molar-refractivity contribution in [2.45, 2.75) is 18.9 Å². The van der Waals surface area contributed by atoms with E-state index in [0.717, 1.165) is 25.0 Å². The van der Waals surface area contributed by atoms with Crippen molar-refractivity contribution >= 4 is 29.7 Å². The van der Waals surface area contributed by atoms with E-state index in [1.54, 1.807) is 4.90 Å². The molecular weight excluding hydrogens is 315 g/mol. The number of nitrogens with two attached hydrogens (primary N) is 1. The number of nitrogen functional groups attached to an aromatic ring is 1. The maximum Gasteiger partial charge on any atom is 0.295 e. The van der Waals surface area contributed by atoms with Crippen LogP contribution in [0.1, 0.15) is 23.2 Å². The molecule has 0 aromatic heterocycles. The fourth-order valence-corrected chi connectivity index (χ4v) is 2.47. The molecule has 1 aromatic rings. The van der Waals surface area contributed by atoms with Crippen LogP contribution in [0.25, 0.3) is 0 Å². The van der Waals surface area contributed by atoms with Crippen LogP contribution in [-0.4, -0.2) is 41.9 Å². The number of hydrogen-bond donors (Lipinski definition) is 2. The van der Waals surface area contributed by atoms with Gasteiger partial charge in [0.15, 0.2) is 0 Å². The van der Waals surface area contributed by atoms with E-state index in [9.17, 15) is 19.3 Å². The molecule has 1 aliphatic heterocycles. The first-order chi connectivity index (χ1) is 9.93. The number of nitro groups is 1. The highest BCUT2D eigenvalue weighted by Gasteiger charge is 2.27. The lowest BCUT2D eigenvalue weighted by Crippen LogP contribution is -2.44. The molecule has 1 heterocycles. The second-order valence-electron chi connectivity index (χ2n) is 5.00. The van der Waals surface area contributed by atoms with Gasteiger partial charge in [0.05, 0.1) is 16.6 Å². The molecule has 0 aliphatic carbocycles. The van der Waals surface area contributed by atoms with Crippen LogP contribution in [-0.2, 0) is 0 Å². The summed E-state index contributed by atoms with van der Waals surface area (Å²) in [6.07, 6.45) is 1.55. The second kappa shape index (κ2) is 7.37. The van der Waals surface area contributed by atoms with Crippen molar-refractivity contribution in [1.29, 1.82) is 0 Å². The number of anilines is 1. The number of halogens is 2. The third kappa shape index (κ3) is 3.63. The van der Waals surface area contributed by atoms with Crippen LogP contribution < -0.4 is 11.1 Å². The van der Waals surface area contributed by atoms with Crippen LogP contribution in [0, 0.1) is 15.9 Å². The van der Waals surface area contributed by atoms with E-state index < -0.39 is 22.3 Å². The van der Waals surface area contributed by atoms with E-state index in [2.05, 4.69) is 5.32 Å². The monoisotopic (exact) mass is 332 g/mol. The fourth-order valence-electron chi connectivity index (χ4n) is 2.47. The number of nitro benzene ring substituents is 1. The zero-order chi connectivity index (χ0) is 15.6. The van der Waals surface area contributed by atoms with Gasteiger partial charge in [-0.3, -0.25) is 14.9 Å². The normalized spacial score (nSPS) is 15.3. The maximum absolute atomic E-state index is 13.5. The molecule has 0 unspecified atom stereocenters. The van der Waals surface area contributed by atoms with Crippen molar-refractivity contribution in [3.8, 4) is 0 Å². The number of carbonyl (C=O) groups is 1. The Morgan fingerprint density at radius 3 is 2.55 bits per heavy atom. The zero-order valence-corrected chi connectivity index (χ0v) is 12.9. The molecule has 0 atom stereocenters. The molecule has 1 saturated heterocycles. The molecule has 2 rings (SSSR count). The minimum Gasteiger partial charge on any atom is -0.393 e. The van der Waals surface area contributed by atoms with Gasteiger partial charge in [0.25, 0.3) is 11.6 Å². The van der Waals surface area contributed by atoms with Gasteiger partial charge in [0.2, 0.25) is 0 Å². The Morgan fingerprint density at radius 2 is 2.05 bits per heavy atom. The summed E-state index contributed by atoms with van der Waals surface area (Å²) in [4.78, 5) is 24.0. The van der Waals surface area contributed by atoms with Crippen molar-refractivity contribution in [3.63, 3.8) is 0 Å². The number of likely N-dealkylation sites (tertiary alicyclic amines) is 1. The van der Waals surface area contributed by atoms with Crippen LogP contribution in [0.3, 0.4) is 0 Å². The summed E-state index contributed by atoms with van der Waals surface area (Å²) in [6.45, 7) is 1.02. The third-order valence-corrected chi connectivity index (χ3v) is 3.74. The van der Waals surface area contributed by atoms with Gasteiger partial charge < -0.3 is 16.0 Å². The molecule has 22 heavy (non-hydrogen) atoms. The molecular formula is C13H18ClFN4O3. The molecule has 1 aromatic carbocycles. The molecule has 1 aliphatic rings. The highest BCUT2D eigenvalue weighted by Crippen LogP contribution is 2.28. The van der Waals surface area contributed by atoms with Gasteiger partial charge >= 0.3 is 0 Å². The minimum atomic E-state index is -0.843. The molecule has 1 amide bonds. The lowest BCUT2D eigenvalue weighted by atomic mass is 10.0. The number of rotatable bonds is 3. The number of amides is 1. The summed E-state index contributed by atoms with van der Waals surface area (Å²) in [5.41, 5.74) is 4.63. The Kier molecular flexibility index (Phi) is 6.07. The van der Waals surface area contributed by atoms with Gasteiger partial charge in [-0.15, -0.1) is 12.4 Å². The number of nitrogens with zero attached hydrogens (tertiary/aromatic N) is 2. The first-order valence-corrected chi connectivity index (χ1v) is 6.64. The van der Waals surface area contributed by atoms with Crippen molar-refractivity contribution < 1.29 is 14.1 Å². The Morgan fingerprint density at radius 1 is 1.45 bits per heavy atom. The number of hydrogen-bond acceptors (Lipinski definition) is 5. The largest absolute Gasteiger partial charge is 0.393 e. The summed E-state index contributed by atoms with van der Waals surface area (Å²) in [7, 11) is 1.86. The standard InChI is InChI=1S/C13H17FN4O3.ClH/c1-16-9-2-4-17(5-3-9)13(19)10-6-8(14)7-11(12(10)15)18(20)21;/h6-7,9,16H,2-5,15H2,1H3;1H. The molecule has 0 spiro atoms. The van der Waals surface area contributed by atoms with Crippen molar-refractivity contribution in [2.24, 2.45) is 0 Å². The average molecular weight is 333 g/mol. The van der Waals surface area contributed by atoms with Crippen LogP contribution >= 0.6 is 12.4 Å². The topological polar surface area (TPSA) is 102 Å². The zero-order valence-electron chi connectivity index (χ0n) is 12.0. The Hall–Kier alpha value is -1.93. The molecule has 0 bridgehead atoms. The molecule has 1 fully saturated rings. The van der Waals surface area contributed by atoms with Crippen molar-refractivity contribution in [3.05, 3.63) is 33.6 Å². The van der Waals surface area contributed by atoms with Crippen LogP contribution in [0.4, 0.5) is 15.8 Å². The predicted molar refractivity (Wildman–Crippen MR) is 82.7 cm³/mol. The Bertz CT molecular complexity index is 577. The number of piperidine rings is 1. The Balaban J connectivity index is 0.00000242. The van der Waals surface area contributed by atoms with E-state index in [0.29, 0.717) is 19.1 Å². The van der Waals surface area contributed by atoms with Crippen LogP contribution in [0.15, 0.2) is 12.1 Å². The molecule has 0 radical (unpaired) electrons.